The molecule has 0 atom stereocenters. The summed E-state index contributed by atoms with van der Waals surface area (Å²) in [5.74, 6) is 2.47. The van der Waals surface area contributed by atoms with E-state index in [9.17, 15) is 4.79 Å². The lowest BCUT2D eigenvalue weighted by molar-refractivity contribution is -0.117. The quantitative estimate of drug-likeness (QED) is 0.744. The number of rotatable bonds is 8. The van der Waals surface area contributed by atoms with Gasteiger partial charge in [0, 0.05) is 37.8 Å². The van der Waals surface area contributed by atoms with Gasteiger partial charge in [-0.2, -0.15) is 4.98 Å². The number of benzene rings is 1. The minimum absolute atomic E-state index is 0.00362. The van der Waals surface area contributed by atoms with Crippen molar-refractivity contribution in [3.8, 4) is 5.75 Å². The van der Waals surface area contributed by atoms with Crippen molar-refractivity contribution >= 4 is 11.6 Å². The molecule has 8 heteroatoms. The molecule has 0 spiro atoms. The minimum atomic E-state index is -0.00362. The lowest BCUT2D eigenvalue weighted by Crippen LogP contribution is -2.48. The summed E-state index contributed by atoms with van der Waals surface area (Å²) in [6.07, 6.45) is 0. The molecule has 0 unspecified atom stereocenters. The van der Waals surface area contributed by atoms with E-state index < -0.39 is 0 Å². The summed E-state index contributed by atoms with van der Waals surface area (Å²) in [5, 5.41) is 6.95. The van der Waals surface area contributed by atoms with Crippen LogP contribution in [0.5, 0.6) is 5.75 Å². The van der Waals surface area contributed by atoms with Gasteiger partial charge in [-0.1, -0.05) is 19.0 Å². The third kappa shape index (κ3) is 5.77. The summed E-state index contributed by atoms with van der Waals surface area (Å²) in [5.41, 5.74) is 0.782. The van der Waals surface area contributed by atoms with E-state index in [2.05, 4.69) is 25.3 Å². The smallest absolute Gasteiger partial charge is 0.240 e. The van der Waals surface area contributed by atoms with E-state index in [1.54, 1.807) is 0 Å². The SMILES string of the molecule is CCOc1ccc(NC(=O)CN2CCN(Cc3nc(C(C)C)no3)CC2)cc1. The number of carbonyl (C=O) groups excluding carboxylic acids is 1. The number of carbonyl (C=O) groups is 1. The first kappa shape index (κ1) is 20.3. The van der Waals surface area contributed by atoms with Crippen LogP contribution in [0.25, 0.3) is 0 Å². The molecule has 2 aromatic rings. The highest BCUT2D eigenvalue weighted by Crippen LogP contribution is 2.16. The van der Waals surface area contributed by atoms with Crippen molar-refractivity contribution in [3.63, 3.8) is 0 Å². The number of piperazine rings is 1. The molecule has 1 aromatic heterocycles. The van der Waals surface area contributed by atoms with Gasteiger partial charge in [-0.05, 0) is 31.2 Å². The second-order valence-electron chi connectivity index (χ2n) is 7.26. The Morgan fingerprint density at radius 2 is 1.86 bits per heavy atom. The standard InChI is InChI=1S/C20H29N5O3/c1-4-27-17-7-5-16(6-8-17)21-18(26)13-24-9-11-25(12-10-24)14-19-22-20(15(2)3)23-28-19/h5-8,15H,4,9-14H2,1-3H3,(H,21,26). The van der Waals surface area contributed by atoms with Crippen LogP contribution in [0.1, 0.15) is 38.4 Å². The van der Waals surface area contributed by atoms with Crippen LogP contribution in [0.4, 0.5) is 5.69 Å². The van der Waals surface area contributed by atoms with E-state index in [-0.39, 0.29) is 11.8 Å². The van der Waals surface area contributed by atoms with Crippen molar-refractivity contribution in [1.82, 2.24) is 19.9 Å². The van der Waals surface area contributed by atoms with Crippen molar-refractivity contribution in [3.05, 3.63) is 36.0 Å². The summed E-state index contributed by atoms with van der Waals surface area (Å²) in [7, 11) is 0. The Balaban J connectivity index is 1.40. The molecule has 3 rings (SSSR count). The summed E-state index contributed by atoms with van der Waals surface area (Å²) in [6, 6.07) is 7.44. The number of hydrogen-bond acceptors (Lipinski definition) is 7. The van der Waals surface area contributed by atoms with Crippen molar-refractivity contribution < 1.29 is 14.1 Å². The third-order valence-electron chi connectivity index (χ3n) is 4.64. The first-order valence-electron chi connectivity index (χ1n) is 9.83. The fourth-order valence-corrected chi connectivity index (χ4v) is 3.07. The average molecular weight is 387 g/mol. The maximum Gasteiger partial charge on any atom is 0.240 e. The zero-order valence-corrected chi connectivity index (χ0v) is 16.9. The molecule has 1 aromatic carbocycles. The largest absolute Gasteiger partial charge is 0.494 e. The molecule has 1 amide bonds. The van der Waals surface area contributed by atoms with Crippen LogP contribution in [0.2, 0.25) is 0 Å². The average Bonchev–Trinajstić information content (AvgIpc) is 3.14. The molecule has 1 aliphatic rings. The Hall–Kier alpha value is -2.45. The topological polar surface area (TPSA) is 83.7 Å². The highest BCUT2D eigenvalue weighted by Gasteiger charge is 2.21. The number of amides is 1. The Morgan fingerprint density at radius 1 is 1.18 bits per heavy atom. The normalized spacial score (nSPS) is 15.7. The van der Waals surface area contributed by atoms with Gasteiger partial charge >= 0.3 is 0 Å². The molecule has 0 radical (unpaired) electrons. The molecule has 0 saturated carbocycles. The molecule has 1 fully saturated rings. The van der Waals surface area contributed by atoms with Gasteiger partial charge in [-0.3, -0.25) is 14.6 Å². The number of anilines is 1. The van der Waals surface area contributed by atoms with Gasteiger partial charge in [0.25, 0.3) is 0 Å². The molecule has 1 saturated heterocycles. The van der Waals surface area contributed by atoms with Crippen molar-refractivity contribution in [2.75, 3.05) is 44.6 Å². The third-order valence-corrected chi connectivity index (χ3v) is 4.64. The number of hydrogen-bond donors (Lipinski definition) is 1. The molecule has 8 nitrogen and oxygen atoms in total. The number of nitrogens with zero attached hydrogens (tertiary/aromatic N) is 4. The van der Waals surface area contributed by atoms with Crippen LogP contribution >= 0.6 is 0 Å². The minimum Gasteiger partial charge on any atom is -0.494 e. The van der Waals surface area contributed by atoms with Crippen molar-refractivity contribution in [2.45, 2.75) is 33.2 Å². The second kappa shape index (κ2) is 9.66. The van der Waals surface area contributed by atoms with E-state index in [4.69, 9.17) is 9.26 Å². The summed E-state index contributed by atoms with van der Waals surface area (Å²) in [4.78, 5) is 21.2. The summed E-state index contributed by atoms with van der Waals surface area (Å²) < 4.78 is 10.7. The Morgan fingerprint density at radius 3 is 2.46 bits per heavy atom. The van der Waals surface area contributed by atoms with Crippen LogP contribution in [-0.4, -0.2) is 65.2 Å². The van der Waals surface area contributed by atoms with Crippen molar-refractivity contribution in [2.24, 2.45) is 0 Å². The van der Waals surface area contributed by atoms with E-state index in [1.807, 2.05) is 45.0 Å². The maximum absolute atomic E-state index is 12.3. The number of nitrogens with one attached hydrogen (secondary N) is 1. The lowest BCUT2D eigenvalue weighted by atomic mass is 10.2. The highest BCUT2D eigenvalue weighted by atomic mass is 16.5. The first-order valence-corrected chi connectivity index (χ1v) is 9.83. The highest BCUT2D eigenvalue weighted by molar-refractivity contribution is 5.92. The monoisotopic (exact) mass is 387 g/mol. The fourth-order valence-electron chi connectivity index (χ4n) is 3.07. The van der Waals surface area contributed by atoms with E-state index >= 15 is 0 Å². The van der Waals surface area contributed by atoms with E-state index in [0.717, 1.165) is 43.4 Å². The van der Waals surface area contributed by atoms with Gasteiger partial charge in [-0.15, -0.1) is 0 Å². The Bertz CT molecular complexity index is 751. The first-order chi connectivity index (χ1) is 13.5. The lowest BCUT2D eigenvalue weighted by Gasteiger charge is -2.33. The number of aromatic nitrogens is 2. The number of ether oxygens (including phenoxy) is 1. The van der Waals surface area contributed by atoms with Crippen molar-refractivity contribution in [1.29, 1.82) is 0 Å². The molecular formula is C20H29N5O3. The fraction of sp³-hybridized carbons (Fsp3) is 0.550. The van der Waals surface area contributed by atoms with Gasteiger partial charge in [-0.25, -0.2) is 0 Å². The van der Waals surface area contributed by atoms with Crippen LogP contribution in [0.3, 0.4) is 0 Å². The predicted octanol–water partition coefficient (Wildman–Crippen LogP) is 2.35. The van der Waals surface area contributed by atoms with E-state index in [1.165, 1.54) is 0 Å². The van der Waals surface area contributed by atoms with Gasteiger partial charge in [0.05, 0.1) is 19.7 Å². The zero-order valence-electron chi connectivity index (χ0n) is 16.9. The molecule has 152 valence electrons. The molecule has 2 heterocycles. The molecule has 1 aliphatic heterocycles. The second-order valence-corrected chi connectivity index (χ2v) is 7.26. The molecule has 0 bridgehead atoms. The molecular weight excluding hydrogens is 358 g/mol. The predicted molar refractivity (Wildman–Crippen MR) is 106 cm³/mol. The summed E-state index contributed by atoms with van der Waals surface area (Å²) in [6.45, 7) is 11.1. The van der Waals surface area contributed by atoms with Crippen LogP contribution in [-0.2, 0) is 11.3 Å². The zero-order chi connectivity index (χ0) is 19.9. The van der Waals surface area contributed by atoms with Gasteiger partial charge in [0.15, 0.2) is 5.82 Å². The Labute approximate surface area is 165 Å². The van der Waals surface area contributed by atoms with Crippen LogP contribution in [0, 0.1) is 0 Å². The van der Waals surface area contributed by atoms with Gasteiger partial charge in [0.1, 0.15) is 5.75 Å². The molecule has 1 N–H and O–H groups in total. The summed E-state index contributed by atoms with van der Waals surface area (Å²) >= 11 is 0. The maximum atomic E-state index is 12.3. The van der Waals surface area contributed by atoms with E-state index in [0.29, 0.717) is 25.6 Å². The molecule has 28 heavy (non-hydrogen) atoms. The van der Waals surface area contributed by atoms with Gasteiger partial charge in [0.2, 0.25) is 11.8 Å². The Kier molecular flexibility index (Phi) is 7.00. The molecule has 0 aliphatic carbocycles. The van der Waals surface area contributed by atoms with Crippen LogP contribution in [0.15, 0.2) is 28.8 Å². The van der Waals surface area contributed by atoms with Gasteiger partial charge < -0.3 is 14.6 Å². The van der Waals surface area contributed by atoms with Crippen LogP contribution < -0.4 is 10.1 Å².